The van der Waals surface area contributed by atoms with Gasteiger partial charge in [0.2, 0.25) is 0 Å². The lowest BCUT2D eigenvalue weighted by atomic mass is 9.98. The Morgan fingerprint density at radius 1 is 1.32 bits per heavy atom. The first kappa shape index (κ1) is 16.2. The third kappa shape index (κ3) is 3.70. The highest BCUT2D eigenvalue weighted by Crippen LogP contribution is 2.32. The van der Waals surface area contributed by atoms with Gasteiger partial charge in [0.15, 0.2) is 0 Å². The first-order valence-electron chi connectivity index (χ1n) is 7.21. The lowest BCUT2D eigenvalue weighted by Crippen LogP contribution is -2.38. The minimum absolute atomic E-state index is 0.221. The molecule has 22 heavy (non-hydrogen) atoms. The van der Waals surface area contributed by atoms with Crippen molar-refractivity contribution < 1.29 is 9.85 Å². The third-order valence-electron chi connectivity index (χ3n) is 4.03. The number of piperidine rings is 1. The highest BCUT2D eigenvalue weighted by atomic mass is 16.6. The van der Waals surface area contributed by atoms with Gasteiger partial charge < -0.3 is 9.80 Å². The average molecular weight is 308 g/mol. The maximum absolute atomic E-state index is 11.2. The van der Waals surface area contributed by atoms with Crippen LogP contribution in [-0.4, -0.2) is 48.5 Å². The molecule has 1 heterocycles. The van der Waals surface area contributed by atoms with Crippen molar-refractivity contribution in [2.75, 3.05) is 38.6 Å². The molecular weight excluding hydrogens is 288 g/mol. The first-order chi connectivity index (χ1) is 10.4. The van der Waals surface area contributed by atoms with Crippen LogP contribution in [0, 0.1) is 26.1 Å². The van der Waals surface area contributed by atoms with Crippen LogP contribution in [0.5, 0.6) is 0 Å². The summed E-state index contributed by atoms with van der Waals surface area (Å²) in [4.78, 5) is 24.9. The molecule has 0 bridgehead atoms. The van der Waals surface area contributed by atoms with E-state index in [-0.39, 0.29) is 11.4 Å². The van der Waals surface area contributed by atoms with Crippen molar-refractivity contribution in [3.8, 4) is 0 Å². The fourth-order valence-electron chi connectivity index (χ4n) is 3.00. The maximum Gasteiger partial charge on any atom is 0.299 e. The molecule has 1 unspecified atom stereocenters. The summed E-state index contributed by atoms with van der Waals surface area (Å²) in [5, 5.41) is 22.0. The summed E-state index contributed by atoms with van der Waals surface area (Å²) < 4.78 is 0. The fourth-order valence-corrected chi connectivity index (χ4v) is 3.00. The summed E-state index contributed by atoms with van der Waals surface area (Å²) in [5.74, 6) is 0.443. The van der Waals surface area contributed by atoms with E-state index < -0.39 is 9.85 Å². The van der Waals surface area contributed by atoms with Gasteiger partial charge >= 0.3 is 0 Å². The van der Waals surface area contributed by atoms with Gasteiger partial charge in [-0.25, -0.2) is 0 Å². The van der Waals surface area contributed by atoms with Crippen molar-refractivity contribution in [2.45, 2.75) is 12.8 Å². The summed E-state index contributed by atoms with van der Waals surface area (Å²) in [7, 11) is 3.86. The Bertz CT molecular complexity index is 578. The second-order valence-corrected chi connectivity index (χ2v) is 5.84. The summed E-state index contributed by atoms with van der Waals surface area (Å²) in [6.07, 6.45) is 2.22. The highest BCUT2D eigenvalue weighted by Gasteiger charge is 2.24. The molecule has 1 aliphatic heterocycles. The molecule has 1 atom stereocenters. The molecule has 0 aliphatic carbocycles. The number of hydrogen-bond donors (Lipinski definition) is 0. The van der Waals surface area contributed by atoms with Gasteiger partial charge in [-0.3, -0.25) is 20.2 Å². The van der Waals surface area contributed by atoms with Gasteiger partial charge in [-0.05, 0) is 38.4 Å². The molecule has 8 heteroatoms. The molecule has 1 saturated heterocycles. The van der Waals surface area contributed by atoms with Gasteiger partial charge in [0.25, 0.3) is 11.4 Å². The molecule has 8 nitrogen and oxygen atoms in total. The number of rotatable bonds is 5. The molecule has 2 rings (SSSR count). The number of nitrogens with zero attached hydrogens (tertiary/aromatic N) is 4. The topological polar surface area (TPSA) is 92.8 Å². The molecule has 0 saturated carbocycles. The highest BCUT2D eigenvalue weighted by molar-refractivity contribution is 5.66. The van der Waals surface area contributed by atoms with E-state index in [4.69, 9.17) is 0 Å². The largest absolute Gasteiger partial charge is 0.369 e. The fraction of sp³-hybridized carbons (Fsp3) is 0.571. The molecule has 1 aromatic rings. The Morgan fingerprint density at radius 2 is 2.05 bits per heavy atom. The number of nitro benzene ring substituents is 2. The van der Waals surface area contributed by atoms with Gasteiger partial charge in [-0.1, -0.05) is 0 Å². The number of nitro groups is 2. The van der Waals surface area contributed by atoms with Crippen LogP contribution < -0.4 is 4.90 Å². The molecule has 0 N–H and O–H groups in total. The number of benzene rings is 1. The standard InChI is InChI=1S/C14H20N4O4/c1-15-7-3-4-11(9-15)10-16(2)13-6-5-12(17(19)20)8-14(13)18(21)22/h5-6,8,11H,3-4,7,9-10H2,1-2H3. The second kappa shape index (κ2) is 6.69. The molecule has 0 spiro atoms. The number of non-ortho nitro benzene ring substituents is 1. The van der Waals surface area contributed by atoms with Gasteiger partial charge in [0, 0.05) is 26.2 Å². The zero-order valence-corrected chi connectivity index (χ0v) is 12.8. The van der Waals surface area contributed by atoms with Crippen LogP contribution >= 0.6 is 0 Å². The number of likely N-dealkylation sites (tertiary alicyclic amines) is 1. The van der Waals surface area contributed by atoms with E-state index in [1.807, 2.05) is 4.90 Å². The van der Waals surface area contributed by atoms with Gasteiger partial charge in [0.1, 0.15) is 5.69 Å². The monoisotopic (exact) mass is 308 g/mol. The zero-order valence-electron chi connectivity index (χ0n) is 12.8. The number of hydrogen-bond acceptors (Lipinski definition) is 6. The summed E-state index contributed by atoms with van der Waals surface area (Å²) in [6, 6.07) is 3.80. The molecule has 1 aromatic carbocycles. The Kier molecular flexibility index (Phi) is 4.92. The van der Waals surface area contributed by atoms with Crippen LogP contribution in [0.1, 0.15) is 12.8 Å². The summed E-state index contributed by atoms with van der Waals surface area (Å²) in [6.45, 7) is 2.74. The van der Waals surface area contributed by atoms with E-state index in [0.717, 1.165) is 32.0 Å². The smallest absolute Gasteiger partial charge is 0.299 e. The zero-order chi connectivity index (χ0) is 16.3. The van der Waals surface area contributed by atoms with E-state index >= 15 is 0 Å². The van der Waals surface area contributed by atoms with Crippen molar-refractivity contribution in [1.82, 2.24) is 4.90 Å². The van der Waals surface area contributed by atoms with Crippen LogP contribution in [0.3, 0.4) is 0 Å². The predicted molar refractivity (Wildman–Crippen MR) is 83.2 cm³/mol. The van der Waals surface area contributed by atoms with E-state index in [2.05, 4.69) is 11.9 Å². The van der Waals surface area contributed by atoms with E-state index in [0.29, 0.717) is 18.2 Å². The van der Waals surface area contributed by atoms with Crippen molar-refractivity contribution >= 4 is 17.1 Å². The Hall–Kier alpha value is -2.22. The SMILES string of the molecule is CN1CCCC(CN(C)c2ccc([N+](=O)[O-])cc2[N+](=O)[O-])C1. The maximum atomic E-state index is 11.2. The Labute approximate surface area is 128 Å². The molecular formula is C14H20N4O4. The quantitative estimate of drug-likeness (QED) is 0.612. The van der Waals surface area contributed by atoms with Crippen molar-refractivity contribution in [3.63, 3.8) is 0 Å². The van der Waals surface area contributed by atoms with Crippen LogP contribution in [0.4, 0.5) is 17.1 Å². The Morgan fingerprint density at radius 3 is 2.64 bits per heavy atom. The van der Waals surface area contributed by atoms with E-state index in [9.17, 15) is 20.2 Å². The lowest BCUT2D eigenvalue weighted by molar-refractivity contribution is -0.393. The minimum atomic E-state index is -0.618. The van der Waals surface area contributed by atoms with Crippen molar-refractivity contribution in [3.05, 3.63) is 38.4 Å². The van der Waals surface area contributed by atoms with Crippen LogP contribution in [0.25, 0.3) is 0 Å². The van der Waals surface area contributed by atoms with Crippen LogP contribution in [0.15, 0.2) is 18.2 Å². The Balaban J connectivity index is 2.19. The summed E-state index contributed by atoms with van der Waals surface area (Å²) >= 11 is 0. The molecule has 0 radical (unpaired) electrons. The van der Waals surface area contributed by atoms with Crippen LogP contribution in [-0.2, 0) is 0 Å². The van der Waals surface area contributed by atoms with Crippen LogP contribution in [0.2, 0.25) is 0 Å². The summed E-state index contributed by atoms with van der Waals surface area (Å²) in [5.41, 5.74) is -0.0639. The third-order valence-corrected chi connectivity index (χ3v) is 4.03. The minimum Gasteiger partial charge on any atom is -0.369 e. The average Bonchev–Trinajstić information content (AvgIpc) is 2.46. The van der Waals surface area contributed by atoms with Crippen molar-refractivity contribution in [1.29, 1.82) is 0 Å². The van der Waals surface area contributed by atoms with Gasteiger partial charge in [-0.15, -0.1) is 0 Å². The van der Waals surface area contributed by atoms with E-state index in [1.165, 1.54) is 12.1 Å². The second-order valence-electron chi connectivity index (χ2n) is 5.84. The van der Waals surface area contributed by atoms with Gasteiger partial charge in [0.05, 0.1) is 15.9 Å². The molecule has 120 valence electrons. The number of anilines is 1. The molecule has 1 aliphatic rings. The molecule has 1 fully saturated rings. The first-order valence-corrected chi connectivity index (χ1v) is 7.21. The van der Waals surface area contributed by atoms with Gasteiger partial charge in [-0.2, -0.15) is 0 Å². The molecule has 0 aromatic heterocycles. The van der Waals surface area contributed by atoms with E-state index in [1.54, 1.807) is 7.05 Å². The molecule has 0 amide bonds. The predicted octanol–water partition coefficient (Wildman–Crippen LogP) is 2.28. The normalized spacial score (nSPS) is 18.9. The lowest BCUT2D eigenvalue weighted by Gasteiger charge is -2.32. The van der Waals surface area contributed by atoms with Crippen molar-refractivity contribution in [2.24, 2.45) is 5.92 Å².